The lowest BCUT2D eigenvalue weighted by Crippen LogP contribution is -2.55. The number of nitrogens with one attached hydrogen (secondary N) is 1. The van der Waals surface area contributed by atoms with Crippen molar-refractivity contribution in [1.82, 2.24) is 10.2 Å². The highest BCUT2D eigenvalue weighted by atomic mass is 16.2. The Morgan fingerprint density at radius 3 is 2.57 bits per heavy atom. The van der Waals surface area contributed by atoms with E-state index < -0.39 is 5.91 Å². The van der Waals surface area contributed by atoms with Gasteiger partial charge in [0.25, 0.3) is 0 Å². The molecule has 1 saturated heterocycles. The van der Waals surface area contributed by atoms with Crippen LogP contribution in [0.4, 0.5) is 0 Å². The maximum Gasteiger partial charge on any atom is 0.237 e. The van der Waals surface area contributed by atoms with Crippen LogP contribution in [0.3, 0.4) is 0 Å². The lowest BCUT2D eigenvalue weighted by atomic mass is 9.68. The molecule has 5 nitrogen and oxygen atoms in total. The molecular formula is C16H29N3O2. The molecule has 2 aliphatic rings. The fraction of sp³-hybridized carbons (Fsp3) is 0.875. The summed E-state index contributed by atoms with van der Waals surface area (Å²) in [7, 11) is 0. The van der Waals surface area contributed by atoms with Crippen molar-refractivity contribution in [3.8, 4) is 0 Å². The van der Waals surface area contributed by atoms with Crippen LogP contribution >= 0.6 is 0 Å². The third kappa shape index (κ3) is 3.96. The van der Waals surface area contributed by atoms with Crippen LogP contribution in [-0.4, -0.2) is 42.4 Å². The summed E-state index contributed by atoms with van der Waals surface area (Å²) < 4.78 is 0. The van der Waals surface area contributed by atoms with Gasteiger partial charge >= 0.3 is 0 Å². The molecule has 1 saturated carbocycles. The van der Waals surface area contributed by atoms with Gasteiger partial charge in [-0.15, -0.1) is 0 Å². The molecule has 1 aliphatic carbocycles. The number of piperidine rings is 1. The van der Waals surface area contributed by atoms with E-state index in [1.807, 2.05) is 0 Å². The second-order valence-electron chi connectivity index (χ2n) is 7.22. The van der Waals surface area contributed by atoms with Crippen LogP contribution in [-0.2, 0) is 9.59 Å². The molecule has 2 amide bonds. The zero-order chi connectivity index (χ0) is 15.5. The summed E-state index contributed by atoms with van der Waals surface area (Å²) in [5.41, 5.74) is 5.40. The molecule has 21 heavy (non-hydrogen) atoms. The van der Waals surface area contributed by atoms with Crippen LogP contribution in [0.2, 0.25) is 0 Å². The van der Waals surface area contributed by atoms with Crippen molar-refractivity contribution in [3.63, 3.8) is 0 Å². The molecular weight excluding hydrogens is 266 g/mol. The van der Waals surface area contributed by atoms with Gasteiger partial charge in [0.05, 0.1) is 6.54 Å². The predicted molar refractivity (Wildman–Crippen MR) is 82.5 cm³/mol. The van der Waals surface area contributed by atoms with E-state index in [2.05, 4.69) is 19.2 Å². The van der Waals surface area contributed by atoms with Crippen LogP contribution in [0.5, 0.6) is 0 Å². The summed E-state index contributed by atoms with van der Waals surface area (Å²) in [5.74, 6) is -0.262. The molecule has 2 rings (SSSR count). The molecule has 1 aliphatic heterocycles. The molecule has 2 atom stereocenters. The monoisotopic (exact) mass is 295 g/mol. The molecule has 2 fully saturated rings. The quantitative estimate of drug-likeness (QED) is 0.820. The minimum atomic E-state index is -0.414. The summed E-state index contributed by atoms with van der Waals surface area (Å²) in [6, 6.07) is 0.108. The number of carbonyl (C=O) groups is 2. The van der Waals surface area contributed by atoms with Crippen molar-refractivity contribution in [2.24, 2.45) is 17.1 Å². The highest BCUT2D eigenvalue weighted by Crippen LogP contribution is 2.41. The second kappa shape index (κ2) is 6.77. The fourth-order valence-electron chi connectivity index (χ4n) is 3.81. The molecule has 0 aromatic carbocycles. The Morgan fingerprint density at radius 1 is 1.24 bits per heavy atom. The number of nitrogens with zero attached hydrogens (tertiary/aromatic N) is 1. The van der Waals surface area contributed by atoms with Gasteiger partial charge < -0.3 is 16.0 Å². The van der Waals surface area contributed by atoms with Gasteiger partial charge in [-0.25, -0.2) is 0 Å². The first-order chi connectivity index (χ1) is 9.92. The Balaban J connectivity index is 2.14. The van der Waals surface area contributed by atoms with Gasteiger partial charge in [0, 0.05) is 18.5 Å². The van der Waals surface area contributed by atoms with E-state index in [1.54, 1.807) is 4.90 Å². The number of rotatable bonds is 4. The van der Waals surface area contributed by atoms with Gasteiger partial charge in [-0.3, -0.25) is 9.59 Å². The van der Waals surface area contributed by atoms with Gasteiger partial charge in [0.1, 0.15) is 0 Å². The van der Waals surface area contributed by atoms with Crippen molar-refractivity contribution in [3.05, 3.63) is 0 Å². The van der Waals surface area contributed by atoms with Gasteiger partial charge in [-0.05, 0) is 37.6 Å². The minimum absolute atomic E-state index is 0.0209. The fourth-order valence-corrected chi connectivity index (χ4v) is 3.81. The lowest BCUT2D eigenvalue weighted by molar-refractivity contribution is -0.146. The lowest BCUT2D eigenvalue weighted by Gasteiger charge is -2.43. The van der Waals surface area contributed by atoms with Crippen LogP contribution in [0.25, 0.3) is 0 Å². The van der Waals surface area contributed by atoms with Gasteiger partial charge in [-0.2, -0.15) is 0 Å². The summed E-state index contributed by atoms with van der Waals surface area (Å²) in [6.07, 6.45) is 6.31. The number of hydrogen-bond acceptors (Lipinski definition) is 3. The zero-order valence-electron chi connectivity index (χ0n) is 13.4. The Labute approximate surface area is 127 Å². The Kier molecular flexibility index (Phi) is 5.25. The average Bonchev–Trinajstić information content (AvgIpc) is 2.44. The van der Waals surface area contributed by atoms with Crippen molar-refractivity contribution in [1.29, 1.82) is 0 Å². The second-order valence-corrected chi connectivity index (χ2v) is 7.22. The largest absolute Gasteiger partial charge is 0.368 e. The first-order valence-corrected chi connectivity index (χ1v) is 8.21. The first-order valence-electron chi connectivity index (χ1n) is 8.21. The summed E-state index contributed by atoms with van der Waals surface area (Å²) >= 11 is 0. The van der Waals surface area contributed by atoms with E-state index >= 15 is 0 Å². The van der Waals surface area contributed by atoms with Crippen molar-refractivity contribution in [2.75, 3.05) is 19.6 Å². The van der Waals surface area contributed by atoms with E-state index in [-0.39, 0.29) is 29.8 Å². The standard InChI is InChI=1S/C16H29N3O2/c1-16(2)8-4-3-7-13(16)15(21)19(11-14(17)20)12-6-5-9-18-10-12/h12-13,18H,3-11H2,1-2H3,(H2,17,20). The number of nitrogens with two attached hydrogens (primary N) is 1. The molecule has 120 valence electrons. The number of primary amides is 1. The number of amides is 2. The first kappa shape index (κ1) is 16.3. The highest BCUT2D eigenvalue weighted by molar-refractivity contribution is 5.86. The van der Waals surface area contributed by atoms with Crippen molar-refractivity contribution < 1.29 is 9.59 Å². The predicted octanol–water partition coefficient (Wildman–Crippen LogP) is 1.27. The Hall–Kier alpha value is -1.10. The van der Waals surface area contributed by atoms with Crippen molar-refractivity contribution in [2.45, 2.75) is 58.4 Å². The molecule has 0 spiro atoms. The molecule has 0 bridgehead atoms. The Bertz CT molecular complexity index is 389. The summed E-state index contributed by atoms with van der Waals surface area (Å²) in [4.78, 5) is 26.2. The molecule has 3 N–H and O–H groups in total. The van der Waals surface area contributed by atoms with E-state index in [9.17, 15) is 9.59 Å². The number of carbonyl (C=O) groups excluding carboxylic acids is 2. The van der Waals surface area contributed by atoms with E-state index in [0.717, 1.165) is 45.2 Å². The van der Waals surface area contributed by atoms with E-state index in [0.29, 0.717) is 0 Å². The highest BCUT2D eigenvalue weighted by Gasteiger charge is 2.41. The number of hydrogen-bond donors (Lipinski definition) is 2. The smallest absolute Gasteiger partial charge is 0.237 e. The molecule has 0 aromatic heterocycles. The van der Waals surface area contributed by atoms with Crippen LogP contribution in [0.1, 0.15) is 52.4 Å². The normalized spacial score (nSPS) is 28.9. The van der Waals surface area contributed by atoms with Crippen LogP contribution < -0.4 is 11.1 Å². The topological polar surface area (TPSA) is 75.4 Å². The van der Waals surface area contributed by atoms with E-state index in [1.165, 1.54) is 6.42 Å². The maximum absolute atomic E-state index is 13.0. The third-order valence-corrected chi connectivity index (χ3v) is 5.13. The molecule has 1 heterocycles. The molecule has 0 aromatic rings. The zero-order valence-corrected chi connectivity index (χ0v) is 13.4. The average molecular weight is 295 g/mol. The van der Waals surface area contributed by atoms with Crippen LogP contribution in [0.15, 0.2) is 0 Å². The van der Waals surface area contributed by atoms with Gasteiger partial charge in [-0.1, -0.05) is 26.7 Å². The summed E-state index contributed by atoms with van der Waals surface area (Å²) in [6.45, 7) is 6.17. The molecule has 5 heteroatoms. The minimum Gasteiger partial charge on any atom is -0.368 e. The SMILES string of the molecule is CC1(C)CCCCC1C(=O)N(CC(N)=O)C1CCCNC1. The molecule has 2 unspecified atom stereocenters. The van der Waals surface area contributed by atoms with Gasteiger partial charge in [0.15, 0.2) is 0 Å². The van der Waals surface area contributed by atoms with Gasteiger partial charge in [0.2, 0.25) is 11.8 Å². The van der Waals surface area contributed by atoms with Crippen LogP contribution in [0, 0.1) is 11.3 Å². The maximum atomic E-state index is 13.0. The van der Waals surface area contributed by atoms with Crippen molar-refractivity contribution >= 4 is 11.8 Å². The summed E-state index contributed by atoms with van der Waals surface area (Å²) in [5, 5.41) is 3.32. The molecule has 0 radical (unpaired) electrons. The third-order valence-electron chi connectivity index (χ3n) is 5.13. The Morgan fingerprint density at radius 2 is 2.00 bits per heavy atom. The van der Waals surface area contributed by atoms with E-state index in [4.69, 9.17) is 5.73 Å².